The number of alkyl halides is 1. The third-order valence-electron chi connectivity index (χ3n) is 4.75. The van der Waals surface area contributed by atoms with Crippen LogP contribution in [0.2, 0.25) is 0 Å². The minimum Gasteiger partial charge on any atom is -0.396 e. The first-order valence-electron chi connectivity index (χ1n) is 5.93. The van der Waals surface area contributed by atoms with Gasteiger partial charge >= 0.3 is 0 Å². The molecule has 0 aromatic rings. The lowest BCUT2D eigenvalue weighted by Crippen LogP contribution is -2.53. The molecule has 4 fully saturated rings. The SMILES string of the molecule is OCCC12CC3CC(CC(Br)(C3)C1)C2. The van der Waals surface area contributed by atoms with Crippen LogP contribution in [0.3, 0.4) is 0 Å². The maximum absolute atomic E-state index is 9.19. The molecule has 14 heavy (non-hydrogen) atoms. The van der Waals surface area contributed by atoms with Crippen LogP contribution in [0.15, 0.2) is 0 Å². The first kappa shape index (κ1) is 9.65. The Hall–Kier alpha value is 0.440. The van der Waals surface area contributed by atoms with Gasteiger partial charge in [0.15, 0.2) is 0 Å². The van der Waals surface area contributed by atoms with Crippen molar-refractivity contribution in [2.24, 2.45) is 17.3 Å². The van der Waals surface area contributed by atoms with Gasteiger partial charge in [0.25, 0.3) is 0 Å². The summed E-state index contributed by atoms with van der Waals surface area (Å²) < 4.78 is 0.465. The first-order chi connectivity index (χ1) is 6.63. The van der Waals surface area contributed by atoms with Crippen molar-refractivity contribution >= 4 is 15.9 Å². The van der Waals surface area contributed by atoms with Gasteiger partial charge in [0.05, 0.1) is 0 Å². The second kappa shape index (κ2) is 2.98. The van der Waals surface area contributed by atoms with E-state index in [0.29, 0.717) is 16.3 Å². The lowest BCUT2D eigenvalue weighted by molar-refractivity contribution is -0.0472. The van der Waals surface area contributed by atoms with Gasteiger partial charge < -0.3 is 5.11 Å². The van der Waals surface area contributed by atoms with Gasteiger partial charge in [-0.25, -0.2) is 0 Å². The van der Waals surface area contributed by atoms with E-state index >= 15 is 0 Å². The normalized spacial score (nSPS) is 55.3. The molecule has 80 valence electrons. The summed E-state index contributed by atoms with van der Waals surface area (Å²) in [4.78, 5) is 0. The molecule has 0 spiro atoms. The molecule has 1 nitrogen and oxygen atoms in total. The Labute approximate surface area is 94.4 Å². The largest absolute Gasteiger partial charge is 0.396 e. The number of hydrogen-bond donors (Lipinski definition) is 1. The third-order valence-corrected chi connectivity index (χ3v) is 5.68. The van der Waals surface area contributed by atoms with E-state index in [2.05, 4.69) is 15.9 Å². The average molecular weight is 259 g/mol. The number of aliphatic hydroxyl groups is 1. The van der Waals surface area contributed by atoms with Crippen molar-refractivity contribution < 1.29 is 5.11 Å². The molecule has 0 heterocycles. The van der Waals surface area contributed by atoms with Crippen molar-refractivity contribution in [1.29, 1.82) is 0 Å². The molecule has 4 saturated carbocycles. The summed E-state index contributed by atoms with van der Waals surface area (Å²) in [5.41, 5.74) is 0.516. The fourth-order valence-electron chi connectivity index (χ4n) is 4.87. The highest BCUT2D eigenvalue weighted by Crippen LogP contribution is 2.65. The van der Waals surface area contributed by atoms with Crippen molar-refractivity contribution in [3.8, 4) is 0 Å². The Kier molecular flexibility index (Phi) is 2.05. The number of halogens is 1. The number of rotatable bonds is 2. The van der Waals surface area contributed by atoms with Crippen molar-refractivity contribution in [3.63, 3.8) is 0 Å². The van der Waals surface area contributed by atoms with Crippen LogP contribution in [-0.2, 0) is 0 Å². The molecule has 0 aromatic carbocycles. The summed E-state index contributed by atoms with van der Waals surface area (Å²) in [5.74, 6) is 1.92. The predicted molar refractivity (Wildman–Crippen MR) is 60.5 cm³/mol. The average Bonchev–Trinajstić information content (AvgIpc) is 1.97. The van der Waals surface area contributed by atoms with Gasteiger partial charge in [-0.3, -0.25) is 0 Å². The van der Waals surface area contributed by atoms with Crippen LogP contribution in [0.25, 0.3) is 0 Å². The maximum atomic E-state index is 9.19. The molecule has 0 aliphatic heterocycles. The van der Waals surface area contributed by atoms with Crippen molar-refractivity contribution in [1.82, 2.24) is 0 Å². The van der Waals surface area contributed by atoms with E-state index in [1.165, 1.54) is 38.5 Å². The lowest BCUT2D eigenvalue weighted by atomic mass is 9.49. The van der Waals surface area contributed by atoms with Gasteiger partial charge in [-0.15, -0.1) is 0 Å². The van der Waals surface area contributed by atoms with E-state index in [9.17, 15) is 5.11 Å². The highest BCUT2D eigenvalue weighted by molar-refractivity contribution is 9.10. The van der Waals surface area contributed by atoms with Crippen molar-refractivity contribution in [3.05, 3.63) is 0 Å². The zero-order chi connectivity index (χ0) is 9.81. The predicted octanol–water partition coefficient (Wildman–Crippen LogP) is 3.10. The minimum absolute atomic E-state index is 0.391. The Bertz CT molecular complexity index is 237. The van der Waals surface area contributed by atoms with Crippen LogP contribution in [0.5, 0.6) is 0 Å². The van der Waals surface area contributed by atoms with Gasteiger partial charge in [-0.05, 0) is 62.2 Å². The number of aliphatic hydroxyl groups excluding tert-OH is 1. The van der Waals surface area contributed by atoms with Gasteiger partial charge in [0.1, 0.15) is 0 Å². The highest BCUT2D eigenvalue weighted by Gasteiger charge is 2.56. The standard InChI is InChI=1S/C12H19BrO/c13-12-6-9-3-10(7-12)5-11(4-9,8-12)1-2-14/h9-10,14H,1-8H2. The molecule has 0 amide bonds. The quantitative estimate of drug-likeness (QED) is 0.755. The van der Waals surface area contributed by atoms with Crippen molar-refractivity contribution in [2.75, 3.05) is 6.61 Å². The molecule has 4 aliphatic rings. The van der Waals surface area contributed by atoms with Gasteiger partial charge in [-0.2, -0.15) is 0 Å². The van der Waals surface area contributed by atoms with Crippen LogP contribution in [0, 0.1) is 17.3 Å². The second-order valence-corrected chi connectivity index (χ2v) is 7.77. The van der Waals surface area contributed by atoms with Crippen LogP contribution >= 0.6 is 15.9 Å². The summed E-state index contributed by atoms with van der Waals surface area (Å²) in [6.45, 7) is 0.391. The highest BCUT2D eigenvalue weighted by atomic mass is 79.9. The molecule has 0 saturated heterocycles. The fourth-order valence-corrected chi connectivity index (χ4v) is 6.38. The van der Waals surface area contributed by atoms with E-state index in [1.54, 1.807) is 0 Å². The summed E-state index contributed by atoms with van der Waals surface area (Å²) >= 11 is 3.98. The van der Waals surface area contributed by atoms with E-state index in [0.717, 1.165) is 18.3 Å². The number of hydrogen-bond acceptors (Lipinski definition) is 1. The molecule has 2 heteroatoms. The van der Waals surface area contributed by atoms with E-state index < -0.39 is 0 Å². The first-order valence-corrected chi connectivity index (χ1v) is 6.72. The van der Waals surface area contributed by atoms with Crippen LogP contribution in [0.4, 0.5) is 0 Å². The maximum Gasteiger partial charge on any atom is 0.0436 e. The zero-order valence-corrected chi connectivity index (χ0v) is 10.2. The molecule has 4 aliphatic carbocycles. The van der Waals surface area contributed by atoms with Gasteiger partial charge in [0.2, 0.25) is 0 Å². The molecule has 0 radical (unpaired) electrons. The molecule has 4 rings (SSSR count). The molecule has 2 atom stereocenters. The van der Waals surface area contributed by atoms with E-state index in [1.807, 2.05) is 0 Å². The zero-order valence-electron chi connectivity index (χ0n) is 8.64. The van der Waals surface area contributed by atoms with E-state index in [-0.39, 0.29) is 0 Å². The second-order valence-electron chi connectivity index (χ2n) is 6.09. The summed E-state index contributed by atoms with van der Waals surface area (Å²) in [7, 11) is 0. The Morgan fingerprint density at radius 1 is 1.14 bits per heavy atom. The smallest absolute Gasteiger partial charge is 0.0436 e. The van der Waals surface area contributed by atoms with Crippen molar-refractivity contribution in [2.45, 2.75) is 49.3 Å². The van der Waals surface area contributed by atoms with Crippen LogP contribution < -0.4 is 0 Å². The topological polar surface area (TPSA) is 20.2 Å². The van der Waals surface area contributed by atoms with Gasteiger partial charge in [-0.1, -0.05) is 15.9 Å². The molecular formula is C12H19BrO. The molecular weight excluding hydrogens is 240 g/mol. The summed E-state index contributed by atoms with van der Waals surface area (Å²) in [6, 6.07) is 0. The fraction of sp³-hybridized carbons (Fsp3) is 1.00. The van der Waals surface area contributed by atoms with Gasteiger partial charge in [0, 0.05) is 10.9 Å². The Morgan fingerprint density at radius 3 is 2.29 bits per heavy atom. The minimum atomic E-state index is 0.391. The molecule has 4 bridgehead atoms. The Morgan fingerprint density at radius 2 is 1.79 bits per heavy atom. The molecule has 0 aromatic heterocycles. The van der Waals surface area contributed by atoms with E-state index in [4.69, 9.17) is 0 Å². The molecule has 1 N–H and O–H groups in total. The summed E-state index contributed by atoms with van der Waals surface area (Å²) in [5, 5.41) is 9.19. The summed E-state index contributed by atoms with van der Waals surface area (Å²) in [6.07, 6.45) is 9.45. The monoisotopic (exact) mass is 258 g/mol. The van der Waals surface area contributed by atoms with Crippen LogP contribution in [0.1, 0.15) is 44.9 Å². The Balaban J connectivity index is 1.89. The van der Waals surface area contributed by atoms with Crippen LogP contribution in [-0.4, -0.2) is 16.0 Å². The molecule has 2 unspecified atom stereocenters. The lowest BCUT2D eigenvalue weighted by Gasteiger charge is -2.60. The third kappa shape index (κ3) is 1.37.